The van der Waals surface area contributed by atoms with E-state index in [-0.39, 0.29) is 14.5 Å². The van der Waals surface area contributed by atoms with Crippen LogP contribution in [0.3, 0.4) is 0 Å². The van der Waals surface area contributed by atoms with Crippen molar-refractivity contribution < 1.29 is 39.9 Å². The Balaban J connectivity index is 2.76. The SMILES string of the molecule is O=[N+]([O-])c1cccc(-c2c(Br)cc(Br)cc2S(=O)C(F)(F)C(F)(F)C(F)(F)F)c1. The second-order valence-electron chi connectivity index (χ2n) is 5.43. The molecule has 158 valence electrons. The largest absolute Gasteiger partial charge is 0.461 e. The smallest absolute Gasteiger partial charge is 0.258 e. The fraction of sp³-hybridized carbons (Fsp3) is 0.200. The molecule has 2 aromatic rings. The normalized spacial score (nSPS) is 14.0. The lowest BCUT2D eigenvalue weighted by Gasteiger charge is -2.28. The lowest BCUT2D eigenvalue weighted by molar-refractivity contribution is -0.384. The van der Waals surface area contributed by atoms with Gasteiger partial charge in [0, 0.05) is 26.6 Å². The molecule has 1 atom stereocenters. The Labute approximate surface area is 177 Å². The van der Waals surface area contributed by atoms with E-state index in [9.17, 15) is 45.1 Å². The van der Waals surface area contributed by atoms with E-state index in [2.05, 4.69) is 31.9 Å². The van der Waals surface area contributed by atoms with Crippen molar-refractivity contribution in [1.29, 1.82) is 0 Å². The van der Waals surface area contributed by atoms with Gasteiger partial charge in [-0.1, -0.05) is 44.0 Å². The Morgan fingerprint density at radius 2 is 1.55 bits per heavy atom. The highest BCUT2D eigenvalue weighted by atomic mass is 79.9. The molecule has 0 aromatic heterocycles. The van der Waals surface area contributed by atoms with E-state index in [4.69, 9.17) is 0 Å². The summed E-state index contributed by atoms with van der Waals surface area (Å²) in [5, 5.41) is 4.90. The molecular weight excluding hydrogens is 567 g/mol. The van der Waals surface area contributed by atoms with E-state index < -0.39 is 49.2 Å². The Morgan fingerprint density at radius 1 is 0.966 bits per heavy atom. The molecule has 0 spiro atoms. The molecule has 0 heterocycles. The maximum Gasteiger partial charge on any atom is 0.461 e. The van der Waals surface area contributed by atoms with Gasteiger partial charge in [0.05, 0.1) is 9.82 Å². The molecule has 0 aliphatic rings. The van der Waals surface area contributed by atoms with Gasteiger partial charge >= 0.3 is 17.4 Å². The van der Waals surface area contributed by atoms with Gasteiger partial charge in [-0.2, -0.15) is 30.7 Å². The highest BCUT2D eigenvalue weighted by Crippen LogP contribution is 2.51. The van der Waals surface area contributed by atoms with Gasteiger partial charge in [-0.15, -0.1) is 0 Å². The minimum absolute atomic E-state index is 0.0620. The van der Waals surface area contributed by atoms with Crippen LogP contribution in [0, 0.1) is 10.1 Å². The lowest BCUT2D eigenvalue weighted by atomic mass is 10.1. The van der Waals surface area contributed by atoms with Crippen molar-refractivity contribution in [2.45, 2.75) is 22.2 Å². The minimum atomic E-state index is -6.67. The summed E-state index contributed by atoms with van der Waals surface area (Å²) in [4.78, 5) is 9.01. The molecule has 14 heteroatoms. The van der Waals surface area contributed by atoms with Crippen LogP contribution < -0.4 is 0 Å². The molecule has 4 nitrogen and oxygen atoms in total. The first-order valence-electron chi connectivity index (χ1n) is 7.09. The van der Waals surface area contributed by atoms with E-state index in [1.165, 1.54) is 6.07 Å². The maximum absolute atomic E-state index is 14.0. The molecule has 0 fully saturated rings. The average molecular weight is 573 g/mol. The lowest BCUT2D eigenvalue weighted by Crippen LogP contribution is -2.54. The highest BCUT2D eigenvalue weighted by Gasteiger charge is 2.76. The monoisotopic (exact) mass is 571 g/mol. The van der Waals surface area contributed by atoms with Gasteiger partial charge < -0.3 is 0 Å². The van der Waals surface area contributed by atoms with Gasteiger partial charge in [0.1, 0.15) is 10.8 Å². The van der Waals surface area contributed by atoms with Crippen molar-refractivity contribution in [3.63, 3.8) is 0 Å². The number of rotatable bonds is 5. The summed E-state index contributed by atoms with van der Waals surface area (Å²) in [5.41, 5.74) is -1.18. The topological polar surface area (TPSA) is 60.2 Å². The summed E-state index contributed by atoms with van der Waals surface area (Å²) < 4.78 is 104. The van der Waals surface area contributed by atoms with Gasteiger partial charge in [-0.25, -0.2) is 4.21 Å². The van der Waals surface area contributed by atoms with Crippen molar-refractivity contribution in [2.75, 3.05) is 0 Å². The standard InChI is InChI=1S/C15H6Br2F7NO3S/c16-8-5-10(17)12(7-2-1-3-9(4-7)25(26)27)11(6-8)29(28)15(23,24)13(18,19)14(20,21)22/h1-6H. The second kappa shape index (κ2) is 7.95. The Hall–Kier alpha value is -1.54. The predicted molar refractivity (Wildman–Crippen MR) is 96.3 cm³/mol. The van der Waals surface area contributed by atoms with Gasteiger partial charge in [0.25, 0.3) is 5.69 Å². The van der Waals surface area contributed by atoms with Crippen molar-refractivity contribution in [3.05, 3.63) is 55.5 Å². The summed E-state index contributed by atoms with van der Waals surface area (Å²) >= 11 is 5.79. The van der Waals surface area contributed by atoms with Crippen LogP contribution in [-0.2, 0) is 10.8 Å². The third-order valence-corrected chi connectivity index (χ3v) is 6.05. The molecule has 2 rings (SSSR count). The molecule has 0 N–H and O–H groups in total. The van der Waals surface area contributed by atoms with E-state index >= 15 is 0 Å². The Bertz CT molecular complexity index is 998. The summed E-state index contributed by atoms with van der Waals surface area (Å²) in [6.07, 6.45) is -6.67. The first-order chi connectivity index (χ1) is 13.1. The number of halogens is 9. The molecular formula is C15H6Br2F7NO3S. The van der Waals surface area contributed by atoms with E-state index in [1.807, 2.05) is 0 Å². The van der Waals surface area contributed by atoms with Crippen LogP contribution >= 0.6 is 31.9 Å². The van der Waals surface area contributed by atoms with Crippen LogP contribution in [0.15, 0.2) is 50.2 Å². The van der Waals surface area contributed by atoms with Crippen LogP contribution in [-0.4, -0.2) is 26.5 Å². The number of nitrogens with zero attached hydrogens (tertiary/aromatic N) is 1. The number of hydrogen-bond donors (Lipinski definition) is 0. The molecule has 29 heavy (non-hydrogen) atoms. The van der Waals surface area contributed by atoms with Crippen molar-refractivity contribution in [2.24, 2.45) is 0 Å². The summed E-state index contributed by atoms with van der Waals surface area (Å²) in [5.74, 6) is -6.60. The summed E-state index contributed by atoms with van der Waals surface area (Å²) in [6.45, 7) is 0. The Kier molecular flexibility index (Phi) is 6.50. The van der Waals surface area contributed by atoms with Gasteiger partial charge in [0.2, 0.25) is 0 Å². The maximum atomic E-state index is 14.0. The third-order valence-electron chi connectivity index (χ3n) is 3.52. The van der Waals surface area contributed by atoms with E-state index in [0.717, 1.165) is 24.3 Å². The fourth-order valence-electron chi connectivity index (χ4n) is 2.17. The van der Waals surface area contributed by atoms with Gasteiger partial charge in [-0.3, -0.25) is 10.1 Å². The zero-order chi connectivity index (χ0) is 22.4. The molecule has 0 aliphatic carbocycles. The van der Waals surface area contributed by atoms with E-state index in [1.54, 1.807) is 0 Å². The van der Waals surface area contributed by atoms with Gasteiger partial charge in [-0.05, 0) is 17.7 Å². The summed E-state index contributed by atoms with van der Waals surface area (Å²) in [6, 6.07) is 6.09. The van der Waals surface area contributed by atoms with Crippen LogP contribution in [0.25, 0.3) is 11.1 Å². The number of nitro groups is 1. The quantitative estimate of drug-likeness (QED) is 0.228. The number of hydrogen-bond acceptors (Lipinski definition) is 3. The number of non-ortho nitro benzene ring substituents is 1. The predicted octanol–water partition coefficient (Wildman–Crippen LogP) is 6.68. The zero-order valence-electron chi connectivity index (χ0n) is 13.4. The molecule has 0 bridgehead atoms. The number of nitro benzene ring substituents is 1. The van der Waals surface area contributed by atoms with Crippen molar-refractivity contribution in [3.8, 4) is 11.1 Å². The molecule has 0 amide bonds. The second-order valence-corrected chi connectivity index (χ2v) is 8.69. The van der Waals surface area contributed by atoms with Crippen molar-refractivity contribution >= 4 is 48.3 Å². The summed E-state index contributed by atoms with van der Waals surface area (Å²) in [7, 11) is -4.19. The van der Waals surface area contributed by atoms with Crippen LogP contribution in [0.4, 0.5) is 36.4 Å². The van der Waals surface area contributed by atoms with Crippen molar-refractivity contribution in [1.82, 2.24) is 0 Å². The molecule has 1 unspecified atom stereocenters. The molecule has 0 saturated carbocycles. The molecule has 0 saturated heterocycles. The molecule has 0 radical (unpaired) electrons. The molecule has 2 aromatic carbocycles. The first-order valence-corrected chi connectivity index (χ1v) is 9.83. The zero-order valence-corrected chi connectivity index (χ0v) is 17.4. The Morgan fingerprint density at radius 3 is 2.07 bits per heavy atom. The van der Waals surface area contributed by atoms with Gasteiger partial charge in [0.15, 0.2) is 0 Å². The van der Waals surface area contributed by atoms with E-state index in [0.29, 0.717) is 6.07 Å². The first kappa shape index (κ1) is 23.7. The third kappa shape index (κ3) is 4.33. The highest BCUT2D eigenvalue weighted by molar-refractivity contribution is 9.11. The van der Waals surface area contributed by atoms with Crippen LogP contribution in [0.2, 0.25) is 0 Å². The number of benzene rings is 2. The molecule has 0 aliphatic heterocycles. The fourth-order valence-corrected chi connectivity index (χ4v) is 5.18. The average Bonchev–Trinajstić information content (AvgIpc) is 2.59. The van der Waals surface area contributed by atoms with Crippen LogP contribution in [0.5, 0.6) is 0 Å². The minimum Gasteiger partial charge on any atom is -0.258 e. The van der Waals surface area contributed by atoms with Crippen LogP contribution in [0.1, 0.15) is 0 Å². The number of alkyl halides is 7.